The molecule has 1 fully saturated rings. The lowest BCUT2D eigenvalue weighted by atomic mass is 10.1. The summed E-state index contributed by atoms with van der Waals surface area (Å²) >= 11 is 6.13. The summed E-state index contributed by atoms with van der Waals surface area (Å²) in [6, 6.07) is 17.8. The predicted molar refractivity (Wildman–Crippen MR) is 120 cm³/mol. The van der Waals surface area contributed by atoms with Gasteiger partial charge in [0.1, 0.15) is 24.0 Å². The van der Waals surface area contributed by atoms with Crippen molar-refractivity contribution >= 4 is 17.5 Å². The largest absolute Gasteiger partial charge is 0.489 e. The smallest absolute Gasteiger partial charge is 0.253 e. The molecule has 0 bridgehead atoms. The van der Waals surface area contributed by atoms with Crippen molar-refractivity contribution < 1.29 is 18.3 Å². The van der Waals surface area contributed by atoms with E-state index >= 15 is 0 Å². The lowest BCUT2D eigenvalue weighted by molar-refractivity contribution is 0.0627. The van der Waals surface area contributed by atoms with Crippen molar-refractivity contribution in [2.45, 2.75) is 13.2 Å². The van der Waals surface area contributed by atoms with Crippen LogP contribution < -0.4 is 4.74 Å². The van der Waals surface area contributed by atoms with Gasteiger partial charge < -0.3 is 9.64 Å². The molecule has 166 valence electrons. The molecule has 32 heavy (non-hydrogen) atoms. The van der Waals surface area contributed by atoms with Crippen LogP contribution in [0.2, 0.25) is 5.02 Å². The van der Waals surface area contributed by atoms with Crippen LogP contribution in [0.15, 0.2) is 66.7 Å². The third-order valence-electron chi connectivity index (χ3n) is 5.52. The molecule has 1 amide bonds. The van der Waals surface area contributed by atoms with Gasteiger partial charge in [-0.25, -0.2) is 8.78 Å². The van der Waals surface area contributed by atoms with Crippen LogP contribution in [0.4, 0.5) is 8.78 Å². The molecular formula is C25H23ClF2N2O2. The number of hydrogen-bond acceptors (Lipinski definition) is 3. The van der Waals surface area contributed by atoms with Crippen LogP contribution in [-0.2, 0) is 13.2 Å². The van der Waals surface area contributed by atoms with Gasteiger partial charge in [0.05, 0.1) is 0 Å². The molecule has 4 rings (SSSR count). The molecule has 3 aromatic carbocycles. The maximum Gasteiger partial charge on any atom is 0.253 e. The topological polar surface area (TPSA) is 32.8 Å². The summed E-state index contributed by atoms with van der Waals surface area (Å²) in [6.07, 6.45) is 0. The van der Waals surface area contributed by atoms with Crippen LogP contribution in [0, 0.1) is 11.6 Å². The molecule has 4 nitrogen and oxygen atoms in total. The molecule has 0 saturated carbocycles. The Kier molecular flexibility index (Phi) is 7.02. The minimum Gasteiger partial charge on any atom is -0.489 e. The van der Waals surface area contributed by atoms with Crippen molar-refractivity contribution in [3.63, 3.8) is 0 Å². The average molecular weight is 457 g/mol. The van der Waals surface area contributed by atoms with Gasteiger partial charge in [0, 0.05) is 48.9 Å². The van der Waals surface area contributed by atoms with Crippen LogP contribution in [0.25, 0.3) is 0 Å². The molecule has 1 saturated heterocycles. The molecule has 3 aromatic rings. The number of benzene rings is 3. The Bertz CT molecular complexity index is 1050. The summed E-state index contributed by atoms with van der Waals surface area (Å²) in [5, 5.41) is 0.423. The molecule has 0 aromatic heterocycles. The van der Waals surface area contributed by atoms with Gasteiger partial charge >= 0.3 is 0 Å². The second kappa shape index (κ2) is 10.1. The third kappa shape index (κ3) is 5.44. The highest BCUT2D eigenvalue weighted by atomic mass is 35.5. The average Bonchev–Trinajstić information content (AvgIpc) is 2.81. The first-order valence-corrected chi connectivity index (χ1v) is 10.8. The van der Waals surface area contributed by atoms with Crippen molar-refractivity contribution in [2.24, 2.45) is 0 Å². The van der Waals surface area contributed by atoms with E-state index in [1.165, 1.54) is 18.2 Å². The standard InChI is InChI=1S/C25H23ClF2N2O2/c26-23-2-1-3-24(28)22(23)16-29-12-14-30(15-13-29)25(31)19-6-4-18(5-7-19)17-32-21-10-8-20(27)9-11-21/h1-11H,12-17H2. The molecule has 1 aliphatic heterocycles. The summed E-state index contributed by atoms with van der Waals surface area (Å²) in [5.74, 6) is -0.0581. The summed E-state index contributed by atoms with van der Waals surface area (Å²) in [5.41, 5.74) is 2.02. The zero-order valence-electron chi connectivity index (χ0n) is 17.4. The van der Waals surface area contributed by atoms with E-state index in [1.807, 2.05) is 17.0 Å². The third-order valence-corrected chi connectivity index (χ3v) is 5.88. The van der Waals surface area contributed by atoms with Gasteiger partial charge in [-0.1, -0.05) is 29.8 Å². The molecule has 0 N–H and O–H groups in total. The van der Waals surface area contributed by atoms with Gasteiger partial charge in [-0.3, -0.25) is 9.69 Å². The van der Waals surface area contributed by atoms with E-state index in [0.717, 1.165) is 5.56 Å². The van der Waals surface area contributed by atoms with Crippen LogP contribution in [0.5, 0.6) is 5.75 Å². The van der Waals surface area contributed by atoms with Crippen molar-refractivity contribution in [1.82, 2.24) is 9.80 Å². The fraction of sp³-hybridized carbons (Fsp3) is 0.240. The highest BCUT2D eigenvalue weighted by molar-refractivity contribution is 6.31. The lowest BCUT2D eigenvalue weighted by Gasteiger charge is -2.35. The van der Waals surface area contributed by atoms with Crippen LogP contribution in [0.3, 0.4) is 0 Å². The van der Waals surface area contributed by atoms with Crippen LogP contribution in [-0.4, -0.2) is 41.9 Å². The lowest BCUT2D eigenvalue weighted by Crippen LogP contribution is -2.48. The van der Waals surface area contributed by atoms with Gasteiger partial charge in [-0.15, -0.1) is 0 Å². The van der Waals surface area contributed by atoms with E-state index < -0.39 is 0 Å². The van der Waals surface area contributed by atoms with Gasteiger partial charge in [-0.05, 0) is 54.1 Å². The quantitative estimate of drug-likeness (QED) is 0.514. The van der Waals surface area contributed by atoms with Gasteiger partial charge in [0.15, 0.2) is 0 Å². The number of rotatable bonds is 6. The molecule has 1 heterocycles. The zero-order chi connectivity index (χ0) is 22.5. The fourth-order valence-electron chi connectivity index (χ4n) is 3.64. The maximum absolute atomic E-state index is 14.0. The fourth-order valence-corrected chi connectivity index (χ4v) is 3.86. The zero-order valence-corrected chi connectivity index (χ0v) is 18.2. The SMILES string of the molecule is O=C(c1ccc(COc2ccc(F)cc2)cc1)N1CCN(Cc2c(F)cccc2Cl)CC1. The highest BCUT2D eigenvalue weighted by Crippen LogP contribution is 2.22. The Morgan fingerprint density at radius 3 is 2.25 bits per heavy atom. The summed E-state index contributed by atoms with van der Waals surface area (Å²) < 4.78 is 32.6. The Morgan fingerprint density at radius 2 is 1.59 bits per heavy atom. The van der Waals surface area contributed by atoms with E-state index in [0.29, 0.717) is 61.2 Å². The van der Waals surface area contributed by atoms with Crippen LogP contribution >= 0.6 is 11.6 Å². The summed E-state index contributed by atoms with van der Waals surface area (Å²) in [6.45, 7) is 3.20. The molecule has 0 spiro atoms. The molecule has 0 aliphatic carbocycles. The minimum atomic E-state index is -0.308. The van der Waals surface area contributed by atoms with E-state index in [1.54, 1.807) is 36.4 Å². The van der Waals surface area contributed by atoms with E-state index in [2.05, 4.69) is 4.90 Å². The number of carbonyl (C=O) groups is 1. The van der Waals surface area contributed by atoms with Crippen molar-refractivity contribution in [3.05, 3.63) is 100 Å². The Labute approximate surface area is 191 Å². The van der Waals surface area contributed by atoms with Crippen molar-refractivity contribution in [1.29, 1.82) is 0 Å². The van der Waals surface area contributed by atoms with E-state index in [9.17, 15) is 13.6 Å². The predicted octanol–water partition coefficient (Wildman–Crippen LogP) is 5.16. The first-order chi connectivity index (χ1) is 15.5. The molecular weight excluding hydrogens is 434 g/mol. The summed E-state index contributed by atoms with van der Waals surface area (Å²) in [4.78, 5) is 16.8. The van der Waals surface area contributed by atoms with Gasteiger partial charge in [0.25, 0.3) is 5.91 Å². The second-order valence-corrected chi connectivity index (χ2v) is 8.12. The van der Waals surface area contributed by atoms with E-state index in [-0.39, 0.29) is 17.5 Å². The normalized spacial score (nSPS) is 14.4. The summed E-state index contributed by atoms with van der Waals surface area (Å²) in [7, 11) is 0. The van der Waals surface area contributed by atoms with Gasteiger partial charge in [0.2, 0.25) is 0 Å². The molecule has 7 heteroatoms. The number of nitrogens with zero attached hydrogens (tertiary/aromatic N) is 2. The Hall–Kier alpha value is -2.96. The van der Waals surface area contributed by atoms with Crippen molar-refractivity contribution in [3.8, 4) is 5.75 Å². The van der Waals surface area contributed by atoms with Crippen LogP contribution in [0.1, 0.15) is 21.5 Å². The highest BCUT2D eigenvalue weighted by Gasteiger charge is 2.23. The van der Waals surface area contributed by atoms with Crippen molar-refractivity contribution in [2.75, 3.05) is 26.2 Å². The first-order valence-electron chi connectivity index (χ1n) is 10.4. The Balaban J connectivity index is 1.28. The number of amides is 1. The number of piperazine rings is 1. The van der Waals surface area contributed by atoms with Gasteiger partial charge in [-0.2, -0.15) is 0 Å². The number of hydrogen-bond donors (Lipinski definition) is 0. The number of halogens is 3. The first kappa shape index (κ1) is 22.2. The second-order valence-electron chi connectivity index (χ2n) is 7.71. The van der Waals surface area contributed by atoms with E-state index in [4.69, 9.17) is 16.3 Å². The number of carbonyl (C=O) groups excluding carboxylic acids is 1. The molecule has 1 aliphatic rings. The Morgan fingerprint density at radius 1 is 0.906 bits per heavy atom. The number of ether oxygens (including phenoxy) is 1. The maximum atomic E-state index is 14.0. The monoisotopic (exact) mass is 456 g/mol. The molecule has 0 unspecified atom stereocenters. The molecule has 0 radical (unpaired) electrons. The molecule has 0 atom stereocenters. The minimum absolute atomic E-state index is 0.0282.